The Kier molecular flexibility index (Phi) is 3.80. The first kappa shape index (κ1) is 13.8. The van der Waals surface area contributed by atoms with E-state index >= 15 is 0 Å². The molecule has 18 heavy (non-hydrogen) atoms. The van der Waals surface area contributed by atoms with Gasteiger partial charge in [0.25, 0.3) is 11.8 Å². The summed E-state index contributed by atoms with van der Waals surface area (Å²) in [5.74, 6) is -3.22. The Morgan fingerprint density at radius 3 is 1.39 bits per heavy atom. The van der Waals surface area contributed by atoms with Crippen LogP contribution in [0.3, 0.4) is 0 Å². The van der Waals surface area contributed by atoms with Crippen molar-refractivity contribution in [2.75, 3.05) is 13.1 Å². The third-order valence-electron chi connectivity index (χ3n) is 2.44. The van der Waals surface area contributed by atoms with E-state index in [0.29, 0.717) is 0 Å². The summed E-state index contributed by atoms with van der Waals surface area (Å²) >= 11 is 0. The Morgan fingerprint density at radius 2 is 1.17 bits per heavy atom. The van der Waals surface area contributed by atoms with Crippen LogP contribution in [0.4, 0.5) is 0 Å². The van der Waals surface area contributed by atoms with Crippen LogP contribution >= 0.6 is 0 Å². The smallest absolute Gasteiger partial charge is 0.269 e. The Bertz CT molecular complexity index is 434. The van der Waals surface area contributed by atoms with E-state index in [-0.39, 0.29) is 24.2 Å². The lowest BCUT2D eigenvalue weighted by Gasteiger charge is -2.31. The average molecular weight is 250 g/mol. The number of carbonyl (C=O) groups excluding carboxylic acids is 4. The van der Waals surface area contributed by atoms with E-state index in [1.165, 1.54) is 13.8 Å². The fourth-order valence-electron chi connectivity index (χ4n) is 1.48. The van der Waals surface area contributed by atoms with Crippen LogP contribution in [0, 0.1) is 0 Å². The molecule has 1 aliphatic rings. The van der Waals surface area contributed by atoms with Gasteiger partial charge in [-0.05, 0) is 13.8 Å². The molecule has 0 radical (unpaired) electrons. The molecule has 0 aromatic carbocycles. The average Bonchev–Trinajstić information content (AvgIpc) is 2.30. The van der Waals surface area contributed by atoms with E-state index in [0.717, 1.165) is 9.80 Å². The molecule has 1 heterocycles. The van der Waals surface area contributed by atoms with Crippen molar-refractivity contribution in [2.24, 2.45) is 0 Å². The highest BCUT2D eigenvalue weighted by atomic mass is 16.2. The van der Waals surface area contributed by atoms with E-state index in [1.54, 1.807) is 0 Å². The molecule has 1 saturated heterocycles. The van der Waals surface area contributed by atoms with Gasteiger partial charge < -0.3 is 0 Å². The molecule has 0 unspecified atom stereocenters. The first-order valence-corrected chi connectivity index (χ1v) is 5.30. The zero-order valence-corrected chi connectivity index (χ0v) is 10.4. The van der Waals surface area contributed by atoms with Crippen molar-refractivity contribution >= 4 is 23.6 Å². The maximum atomic E-state index is 11.7. The second-order valence-electron chi connectivity index (χ2n) is 4.08. The van der Waals surface area contributed by atoms with Gasteiger partial charge in [0, 0.05) is 24.2 Å². The molecular formula is C12H14N2O4. The Morgan fingerprint density at radius 1 is 0.889 bits per heavy atom. The molecule has 96 valence electrons. The van der Waals surface area contributed by atoms with Gasteiger partial charge in [0.1, 0.15) is 0 Å². The summed E-state index contributed by atoms with van der Waals surface area (Å²) in [5.41, 5.74) is 0.326. The molecule has 0 aromatic heterocycles. The van der Waals surface area contributed by atoms with E-state index in [4.69, 9.17) is 0 Å². The second-order valence-corrected chi connectivity index (χ2v) is 4.08. The Balaban J connectivity index is 2.92. The van der Waals surface area contributed by atoms with Crippen LogP contribution in [0.1, 0.15) is 13.8 Å². The highest BCUT2D eigenvalue weighted by Crippen LogP contribution is 2.11. The maximum Gasteiger partial charge on any atom is 0.319 e. The molecule has 0 aliphatic carbocycles. The minimum atomic E-state index is -1.01. The largest absolute Gasteiger partial charge is 0.319 e. The van der Waals surface area contributed by atoms with Crippen LogP contribution in [0.25, 0.3) is 0 Å². The molecule has 0 atom stereocenters. The zero-order valence-electron chi connectivity index (χ0n) is 10.4. The monoisotopic (exact) mass is 250 g/mol. The predicted octanol–water partition coefficient (Wildman–Crippen LogP) is -0.137. The lowest BCUT2D eigenvalue weighted by Crippen LogP contribution is -2.57. The number of carbonyl (C=O) groups is 4. The highest BCUT2D eigenvalue weighted by molar-refractivity contribution is 6.41. The summed E-state index contributed by atoms with van der Waals surface area (Å²) in [5, 5.41) is 0. The molecule has 6 heteroatoms. The lowest BCUT2D eigenvalue weighted by atomic mass is 10.2. The summed E-state index contributed by atoms with van der Waals surface area (Å²) in [6.45, 7) is 9.71. The van der Waals surface area contributed by atoms with Gasteiger partial charge >= 0.3 is 11.8 Å². The normalized spacial score (nSPS) is 15.7. The van der Waals surface area contributed by atoms with Crippen molar-refractivity contribution in [3.05, 3.63) is 24.3 Å². The minimum Gasteiger partial charge on any atom is -0.269 e. The van der Waals surface area contributed by atoms with Crippen molar-refractivity contribution < 1.29 is 19.2 Å². The third-order valence-corrected chi connectivity index (χ3v) is 2.44. The van der Waals surface area contributed by atoms with Crippen LogP contribution in [-0.4, -0.2) is 46.5 Å². The first-order chi connectivity index (χ1) is 8.27. The van der Waals surface area contributed by atoms with Crippen molar-refractivity contribution in [1.29, 1.82) is 0 Å². The Hall–Kier alpha value is -2.24. The molecule has 0 aromatic rings. The van der Waals surface area contributed by atoms with Crippen LogP contribution in [0.2, 0.25) is 0 Å². The van der Waals surface area contributed by atoms with Gasteiger partial charge in [-0.15, -0.1) is 0 Å². The standard InChI is InChI=1S/C12H14N2O4/c1-7(2)9(15)13-5-6-14(10(16)8(3)4)12(18)11(13)17/h1,3,5-6H2,2,4H3. The summed E-state index contributed by atoms with van der Waals surface area (Å²) in [6.07, 6.45) is 0. The molecule has 1 rings (SSSR count). The summed E-state index contributed by atoms with van der Waals surface area (Å²) in [6, 6.07) is 0. The van der Waals surface area contributed by atoms with Gasteiger partial charge in [0.05, 0.1) is 0 Å². The first-order valence-electron chi connectivity index (χ1n) is 5.30. The molecule has 4 amide bonds. The summed E-state index contributed by atoms with van der Waals surface area (Å²) < 4.78 is 0. The SMILES string of the molecule is C=C(C)C(=O)N1CCN(C(=O)C(=C)C)C(=O)C1=O. The van der Waals surface area contributed by atoms with Crippen LogP contribution in [-0.2, 0) is 19.2 Å². The molecule has 1 aliphatic heterocycles. The fraction of sp³-hybridized carbons (Fsp3) is 0.333. The third kappa shape index (κ3) is 2.37. The van der Waals surface area contributed by atoms with Crippen molar-refractivity contribution in [1.82, 2.24) is 9.80 Å². The predicted molar refractivity (Wildman–Crippen MR) is 63.1 cm³/mol. The van der Waals surface area contributed by atoms with Crippen LogP contribution < -0.4 is 0 Å². The molecule has 0 bridgehead atoms. The van der Waals surface area contributed by atoms with Crippen LogP contribution in [0.15, 0.2) is 24.3 Å². The second kappa shape index (κ2) is 4.95. The molecule has 6 nitrogen and oxygen atoms in total. The van der Waals surface area contributed by atoms with Gasteiger partial charge in [-0.1, -0.05) is 13.2 Å². The number of hydrogen-bond acceptors (Lipinski definition) is 4. The van der Waals surface area contributed by atoms with Crippen LogP contribution in [0.5, 0.6) is 0 Å². The molecule has 0 spiro atoms. The maximum absolute atomic E-state index is 11.7. The number of hydrogen-bond donors (Lipinski definition) is 0. The topological polar surface area (TPSA) is 74.8 Å². The summed E-state index contributed by atoms with van der Waals surface area (Å²) in [7, 11) is 0. The number of nitrogens with zero attached hydrogens (tertiary/aromatic N) is 2. The van der Waals surface area contributed by atoms with Crippen molar-refractivity contribution in [3.63, 3.8) is 0 Å². The number of piperazine rings is 1. The van der Waals surface area contributed by atoms with Gasteiger partial charge in [-0.2, -0.15) is 0 Å². The van der Waals surface area contributed by atoms with Crippen molar-refractivity contribution in [3.8, 4) is 0 Å². The van der Waals surface area contributed by atoms with E-state index in [2.05, 4.69) is 13.2 Å². The van der Waals surface area contributed by atoms with Gasteiger partial charge in [0.15, 0.2) is 0 Å². The molecular weight excluding hydrogens is 236 g/mol. The van der Waals surface area contributed by atoms with Crippen molar-refractivity contribution in [2.45, 2.75) is 13.8 Å². The highest BCUT2D eigenvalue weighted by Gasteiger charge is 2.38. The number of rotatable bonds is 2. The lowest BCUT2D eigenvalue weighted by molar-refractivity contribution is -0.163. The fourth-order valence-corrected chi connectivity index (χ4v) is 1.48. The van der Waals surface area contributed by atoms with E-state index in [9.17, 15) is 19.2 Å². The van der Waals surface area contributed by atoms with Gasteiger partial charge in [-0.25, -0.2) is 0 Å². The van der Waals surface area contributed by atoms with E-state index < -0.39 is 23.6 Å². The number of imide groups is 2. The molecule has 0 saturated carbocycles. The summed E-state index contributed by atoms with van der Waals surface area (Å²) in [4.78, 5) is 48.2. The quantitative estimate of drug-likeness (QED) is 0.505. The minimum absolute atomic E-state index is 0.0186. The van der Waals surface area contributed by atoms with E-state index in [1.807, 2.05) is 0 Å². The molecule has 1 fully saturated rings. The zero-order chi connectivity index (χ0) is 14.0. The Labute approximate surface area is 105 Å². The number of amides is 4. The molecule has 0 N–H and O–H groups in total. The van der Waals surface area contributed by atoms with Gasteiger partial charge in [0.2, 0.25) is 0 Å². The van der Waals surface area contributed by atoms with Gasteiger partial charge in [-0.3, -0.25) is 29.0 Å².